The van der Waals surface area contributed by atoms with Crippen LogP contribution in [-0.2, 0) is 5.33 Å². The van der Waals surface area contributed by atoms with Crippen molar-refractivity contribution in [2.75, 3.05) is 6.54 Å². The van der Waals surface area contributed by atoms with E-state index in [0.29, 0.717) is 10.9 Å². The van der Waals surface area contributed by atoms with Gasteiger partial charge in [0.05, 0.1) is 18.2 Å². The van der Waals surface area contributed by atoms with Crippen molar-refractivity contribution in [1.29, 1.82) is 5.26 Å². The van der Waals surface area contributed by atoms with Crippen LogP contribution < -0.4 is 0 Å². The first kappa shape index (κ1) is 12.1. The summed E-state index contributed by atoms with van der Waals surface area (Å²) in [6, 6.07) is 7.37. The third-order valence-electron chi connectivity index (χ3n) is 1.82. The van der Waals surface area contributed by atoms with Crippen LogP contribution in [0.3, 0.4) is 0 Å². The largest absolute Gasteiger partial charge is 0.192 e. The molecule has 0 aliphatic carbocycles. The van der Waals surface area contributed by atoms with Gasteiger partial charge < -0.3 is 0 Å². The molecule has 0 spiro atoms. The van der Waals surface area contributed by atoms with Gasteiger partial charge in [0.15, 0.2) is 0 Å². The highest BCUT2D eigenvalue weighted by molar-refractivity contribution is 9.08. The van der Waals surface area contributed by atoms with E-state index in [1.165, 1.54) is 0 Å². The zero-order valence-corrected chi connectivity index (χ0v) is 9.90. The first-order chi connectivity index (χ1) is 7.81. The summed E-state index contributed by atoms with van der Waals surface area (Å²) in [5.74, 6) is 5.61. The fraction of sp³-hybridized carbons (Fsp3) is 0.182. The van der Waals surface area contributed by atoms with Crippen molar-refractivity contribution in [2.45, 2.75) is 5.33 Å². The molecule has 1 aromatic carbocycles. The average molecular weight is 275 g/mol. The molecule has 0 aliphatic heterocycles. The minimum atomic E-state index is 0.134. The number of benzene rings is 1. The third kappa shape index (κ3) is 3.33. The van der Waals surface area contributed by atoms with Crippen molar-refractivity contribution in [1.82, 2.24) is 0 Å². The fourth-order valence-electron chi connectivity index (χ4n) is 1.08. The quantitative estimate of drug-likeness (QED) is 0.268. The fourth-order valence-corrected chi connectivity index (χ4v) is 1.57. The molecule has 0 saturated carbocycles. The number of halogens is 1. The Morgan fingerprint density at radius 2 is 2.31 bits per heavy atom. The molecule has 0 amide bonds. The van der Waals surface area contributed by atoms with E-state index in [1.807, 2.05) is 6.07 Å². The molecule has 4 nitrogen and oxygen atoms in total. The summed E-state index contributed by atoms with van der Waals surface area (Å²) in [6.45, 7) is 0.134. The van der Waals surface area contributed by atoms with E-state index < -0.39 is 0 Å². The van der Waals surface area contributed by atoms with Crippen molar-refractivity contribution < 1.29 is 0 Å². The lowest BCUT2D eigenvalue weighted by Crippen LogP contribution is -1.87. The molecule has 0 saturated heterocycles. The van der Waals surface area contributed by atoms with Crippen LogP contribution in [0.4, 0.5) is 0 Å². The van der Waals surface area contributed by atoms with Crippen LogP contribution in [0.25, 0.3) is 10.4 Å². The molecule has 0 bridgehead atoms. The van der Waals surface area contributed by atoms with Crippen molar-refractivity contribution in [3.05, 3.63) is 45.3 Å². The summed E-state index contributed by atoms with van der Waals surface area (Å²) in [5, 5.41) is 12.7. The molecule has 1 rings (SSSR count). The van der Waals surface area contributed by atoms with Crippen molar-refractivity contribution >= 4 is 15.9 Å². The van der Waals surface area contributed by atoms with Crippen LogP contribution in [0.1, 0.15) is 16.7 Å². The maximum atomic E-state index is 8.76. The van der Waals surface area contributed by atoms with Crippen LogP contribution in [0.2, 0.25) is 0 Å². The Bertz CT molecular complexity index is 527. The van der Waals surface area contributed by atoms with Crippen LogP contribution in [0, 0.1) is 23.2 Å². The highest BCUT2D eigenvalue weighted by Crippen LogP contribution is 2.13. The van der Waals surface area contributed by atoms with Crippen molar-refractivity contribution in [3.63, 3.8) is 0 Å². The molecule has 0 heterocycles. The normalized spacial score (nSPS) is 8.25. The standard InChI is InChI=1S/C11H7BrN4/c12-7-11-4-3-9(8-13)6-10(11)2-1-5-15-16-14/h3-4,6H,5,7H2. The minimum Gasteiger partial charge on any atom is -0.192 e. The molecule has 16 heavy (non-hydrogen) atoms. The Morgan fingerprint density at radius 3 is 2.94 bits per heavy atom. The molecule has 0 atom stereocenters. The second-order valence-corrected chi connectivity index (χ2v) is 3.37. The monoisotopic (exact) mass is 274 g/mol. The van der Waals surface area contributed by atoms with E-state index in [2.05, 4.69) is 43.9 Å². The lowest BCUT2D eigenvalue weighted by Gasteiger charge is -1.99. The molecule has 0 aliphatic rings. The second-order valence-electron chi connectivity index (χ2n) is 2.81. The molecule has 1 aromatic rings. The van der Waals surface area contributed by atoms with Gasteiger partial charge in [-0.15, -0.1) is 0 Å². The number of nitrogens with zero attached hydrogens (tertiary/aromatic N) is 4. The Labute approximate surface area is 102 Å². The molecule has 0 fully saturated rings. The highest BCUT2D eigenvalue weighted by atomic mass is 79.9. The van der Waals surface area contributed by atoms with Crippen molar-refractivity contribution in [2.24, 2.45) is 5.11 Å². The number of alkyl halides is 1. The lowest BCUT2D eigenvalue weighted by atomic mass is 10.1. The van der Waals surface area contributed by atoms with Gasteiger partial charge >= 0.3 is 0 Å². The molecule has 5 heteroatoms. The molecule has 0 aromatic heterocycles. The van der Waals surface area contributed by atoms with E-state index in [-0.39, 0.29) is 6.54 Å². The summed E-state index contributed by atoms with van der Waals surface area (Å²) >= 11 is 3.34. The first-order valence-corrected chi connectivity index (χ1v) is 5.52. The summed E-state index contributed by atoms with van der Waals surface area (Å²) in [4.78, 5) is 2.60. The van der Waals surface area contributed by atoms with Gasteiger partial charge in [-0.3, -0.25) is 0 Å². The van der Waals surface area contributed by atoms with Gasteiger partial charge in [0.25, 0.3) is 0 Å². The predicted octanol–water partition coefficient (Wildman–Crippen LogP) is 3.11. The Morgan fingerprint density at radius 1 is 1.50 bits per heavy atom. The number of hydrogen-bond donors (Lipinski definition) is 0. The molecular weight excluding hydrogens is 268 g/mol. The van der Waals surface area contributed by atoms with Gasteiger partial charge in [-0.1, -0.05) is 39.0 Å². The van der Waals surface area contributed by atoms with E-state index in [9.17, 15) is 0 Å². The lowest BCUT2D eigenvalue weighted by molar-refractivity contribution is 1.25. The third-order valence-corrected chi connectivity index (χ3v) is 2.42. The van der Waals surface area contributed by atoms with E-state index in [1.54, 1.807) is 12.1 Å². The zero-order chi connectivity index (χ0) is 11.8. The average Bonchev–Trinajstić information content (AvgIpc) is 2.34. The van der Waals surface area contributed by atoms with E-state index in [0.717, 1.165) is 11.1 Å². The maximum absolute atomic E-state index is 8.76. The summed E-state index contributed by atoms with van der Waals surface area (Å²) in [6.07, 6.45) is 0. The van der Waals surface area contributed by atoms with Crippen LogP contribution >= 0.6 is 15.9 Å². The Kier molecular flexibility index (Phi) is 4.95. The molecule has 0 unspecified atom stereocenters. The van der Waals surface area contributed by atoms with Gasteiger partial charge in [-0.25, -0.2) is 0 Å². The number of azide groups is 1. The zero-order valence-electron chi connectivity index (χ0n) is 8.31. The second kappa shape index (κ2) is 6.53. The molecule has 0 radical (unpaired) electrons. The van der Waals surface area contributed by atoms with Gasteiger partial charge in [0.1, 0.15) is 0 Å². The van der Waals surface area contributed by atoms with Crippen molar-refractivity contribution in [3.8, 4) is 17.9 Å². The van der Waals surface area contributed by atoms with Crippen LogP contribution in [-0.4, -0.2) is 6.54 Å². The van der Waals surface area contributed by atoms with Crippen LogP contribution in [0.5, 0.6) is 0 Å². The van der Waals surface area contributed by atoms with Gasteiger partial charge in [-0.2, -0.15) is 5.26 Å². The maximum Gasteiger partial charge on any atom is 0.0992 e. The van der Waals surface area contributed by atoms with Gasteiger partial charge in [-0.05, 0) is 23.2 Å². The van der Waals surface area contributed by atoms with Crippen LogP contribution in [0.15, 0.2) is 23.3 Å². The topological polar surface area (TPSA) is 72.5 Å². The number of rotatable bonds is 2. The Balaban J connectivity index is 3.03. The summed E-state index contributed by atoms with van der Waals surface area (Å²) < 4.78 is 0. The smallest absolute Gasteiger partial charge is 0.0992 e. The minimum absolute atomic E-state index is 0.134. The SMILES string of the molecule is N#Cc1ccc(CBr)c(C#CCN=[N+]=[N-])c1. The predicted molar refractivity (Wildman–Crippen MR) is 64.7 cm³/mol. The Hall–Kier alpha value is -1.94. The van der Waals surface area contributed by atoms with E-state index in [4.69, 9.17) is 10.8 Å². The molecule has 0 N–H and O–H groups in total. The summed E-state index contributed by atoms with van der Waals surface area (Å²) in [5.41, 5.74) is 10.4. The summed E-state index contributed by atoms with van der Waals surface area (Å²) in [7, 11) is 0. The molecular formula is C11H7BrN4. The number of nitriles is 1. The van der Waals surface area contributed by atoms with Gasteiger partial charge in [0.2, 0.25) is 0 Å². The highest BCUT2D eigenvalue weighted by Gasteiger charge is 1.99. The first-order valence-electron chi connectivity index (χ1n) is 4.40. The van der Waals surface area contributed by atoms with Gasteiger partial charge in [0, 0.05) is 15.8 Å². The number of hydrogen-bond acceptors (Lipinski definition) is 2. The van der Waals surface area contributed by atoms with E-state index >= 15 is 0 Å². The molecule has 78 valence electrons.